The van der Waals surface area contributed by atoms with Crippen LogP contribution in [0.4, 0.5) is 16.3 Å². The summed E-state index contributed by atoms with van der Waals surface area (Å²) in [5.74, 6) is 1.28. The second-order valence-electron chi connectivity index (χ2n) is 7.69. The van der Waals surface area contributed by atoms with Crippen molar-refractivity contribution in [3.8, 4) is 6.07 Å². The maximum atomic E-state index is 13.4. The SMILES string of the molecule is N#Cc1nc(N2CCOCC2)nc(N(Cc2ccc(F)cc2)CC2CCCNC2)n1. The highest BCUT2D eigenvalue weighted by molar-refractivity contribution is 5.42. The van der Waals surface area contributed by atoms with Gasteiger partial charge in [0, 0.05) is 26.2 Å². The Kier molecular flexibility index (Phi) is 6.67. The van der Waals surface area contributed by atoms with Crippen molar-refractivity contribution in [2.24, 2.45) is 5.92 Å². The highest BCUT2D eigenvalue weighted by Gasteiger charge is 2.23. The lowest BCUT2D eigenvalue weighted by molar-refractivity contribution is 0.122. The fourth-order valence-electron chi connectivity index (χ4n) is 3.87. The third kappa shape index (κ3) is 5.20. The number of aromatic nitrogens is 3. The van der Waals surface area contributed by atoms with E-state index in [1.807, 2.05) is 4.90 Å². The summed E-state index contributed by atoms with van der Waals surface area (Å²) in [6.45, 7) is 5.84. The van der Waals surface area contributed by atoms with E-state index in [9.17, 15) is 9.65 Å². The van der Waals surface area contributed by atoms with E-state index in [0.29, 0.717) is 50.7 Å². The van der Waals surface area contributed by atoms with Gasteiger partial charge in [0.25, 0.3) is 0 Å². The average molecular weight is 411 g/mol. The van der Waals surface area contributed by atoms with Gasteiger partial charge in [-0.05, 0) is 49.5 Å². The molecule has 0 spiro atoms. The predicted molar refractivity (Wildman–Crippen MR) is 111 cm³/mol. The van der Waals surface area contributed by atoms with Crippen molar-refractivity contribution in [3.05, 3.63) is 41.5 Å². The average Bonchev–Trinajstić information content (AvgIpc) is 2.81. The summed E-state index contributed by atoms with van der Waals surface area (Å²) in [6.07, 6.45) is 2.26. The van der Waals surface area contributed by atoms with Crippen LogP contribution in [0.15, 0.2) is 24.3 Å². The molecule has 2 fully saturated rings. The van der Waals surface area contributed by atoms with Gasteiger partial charge in [-0.25, -0.2) is 4.39 Å². The van der Waals surface area contributed by atoms with Gasteiger partial charge in [0.2, 0.25) is 17.7 Å². The highest BCUT2D eigenvalue weighted by atomic mass is 19.1. The summed E-state index contributed by atoms with van der Waals surface area (Å²) < 4.78 is 18.8. The van der Waals surface area contributed by atoms with Gasteiger partial charge in [-0.1, -0.05) is 12.1 Å². The van der Waals surface area contributed by atoms with E-state index >= 15 is 0 Å². The molecule has 1 aromatic heterocycles. The Bertz CT molecular complexity index is 874. The number of anilines is 2. The van der Waals surface area contributed by atoms with Crippen molar-refractivity contribution in [3.63, 3.8) is 0 Å². The second kappa shape index (κ2) is 9.78. The molecule has 0 saturated carbocycles. The predicted octanol–water partition coefficient (Wildman–Crippen LogP) is 1.73. The Hall–Kier alpha value is -2.83. The summed E-state index contributed by atoms with van der Waals surface area (Å²) in [7, 11) is 0. The minimum absolute atomic E-state index is 0.104. The molecule has 1 N–H and O–H groups in total. The van der Waals surface area contributed by atoms with E-state index in [4.69, 9.17) is 9.72 Å². The second-order valence-corrected chi connectivity index (χ2v) is 7.69. The first-order chi connectivity index (χ1) is 14.7. The number of nitriles is 1. The van der Waals surface area contributed by atoms with Crippen LogP contribution in [0.2, 0.25) is 0 Å². The molecule has 0 bridgehead atoms. The summed E-state index contributed by atoms with van der Waals surface area (Å²) in [5.41, 5.74) is 0.965. The fraction of sp³-hybridized carbons (Fsp3) is 0.524. The van der Waals surface area contributed by atoms with Crippen LogP contribution in [0.3, 0.4) is 0 Å². The largest absolute Gasteiger partial charge is 0.378 e. The van der Waals surface area contributed by atoms with Crippen molar-refractivity contribution < 1.29 is 9.13 Å². The molecule has 0 radical (unpaired) electrons. The maximum Gasteiger partial charge on any atom is 0.238 e. The molecular weight excluding hydrogens is 385 g/mol. The van der Waals surface area contributed by atoms with Crippen molar-refractivity contribution in [1.82, 2.24) is 20.3 Å². The molecule has 1 atom stereocenters. The van der Waals surface area contributed by atoms with E-state index in [1.165, 1.54) is 12.1 Å². The summed E-state index contributed by atoms with van der Waals surface area (Å²) in [5, 5.41) is 12.9. The Morgan fingerprint density at radius 3 is 2.70 bits per heavy atom. The smallest absolute Gasteiger partial charge is 0.238 e. The molecule has 1 aromatic carbocycles. The molecule has 2 aliphatic heterocycles. The van der Waals surface area contributed by atoms with Gasteiger partial charge in [0.05, 0.1) is 13.2 Å². The van der Waals surface area contributed by atoms with Crippen molar-refractivity contribution in [2.75, 3.05) is 55.7 Å². The quantitative estimate of drug-likeness (QED) is 0.769. The lowest BCUT2D eigenvalue weighted by Gasteiger charge is -2.31. The number of nitrogens with one attached hydrogen (secondary N) is 1. The molecular formula is C21H26FN7O. The van der Waals surface area contributed by atoms with Crippen LogP contribution in [0.25, 0.3) is 0 Å². The minimum atomic E-state index is -0.261. The first kappa shape index (κ1) is 20.4. The molecule has 0 amide bonds. The third-order valence-electron chi connectivity index (χ3n) is 5.45. The van der Waals surface area contributed by atoms with Crippen LogP contribution in [0.5, 0.6) is 0 Å². The third-order valence-corrected chi connectivity index (χ3v) is 5.45. The zero-order chi connectivity index (χ0) is 20.8. The van der Waals surface area contributed by atoms with Gasteiger partial charge in [-0.3, -0.25) is 0 Å². The molecule has 2 aliphatic rings. The molecule has 30 heavy (non-hydrogen) atoms. The molecule has 1 unspecified atom stereocenters. The van der Waals surface area contributed by atoms with E-state index in [0.717, 1.165) is 38.0 Å². The Balaban J connectivity index is 1.63. The number of morpholine rings is 1. The summed E-state index contributed by atoms with van der Waals surface area (Å²) >= 11 is 0. The van der Waals surface area contributed by atoms with E-state index in [2.05, 4.69) is 26.3 Å². The molecule has 3 heterocycles. The van der Waals surface area contributed by atoms with Crippen LogP contribution in [0.1, 0.15) is 24.2 Å². The van der Waals surface area contributed by atoms with Crippen LogP contribution >= 0.6 is 0 Å². The normalized spacial score (nSPS) is 19.3. The Morgan fingerprint density at radius 2 is 2.00 bits per heavy atom. The number of nitrogens with zero attached hydrogens (tertiary/aromatic N) is 6. The van der Waals surface area contributed by atoms with Crippen LogP contribution in [-0.4, -0.2) is 60.9 Å². The lowest BCUT2D eigenvalue weighted by Crippen LogP contribution is -2.40. The summed E-state index contributed by atoms with van der Waals surface area (Å²) in [6, 6.07) is 8.54. The van der Waals surface area contributed by atoms with Gasteiger partial charge in [-0.15, -0.1) is 0 Å². The van der Waals surface area contributed by atoms with E-state index in [1.54, 1.807) is 12.1 Å². The first-order valence-electron chi connectivity index (χ1n) is 10.4. The molecule has 4 rings (SSSR count). The van der Waals surface area contributed by atoms with Crippen molar-refractivity contribution >= 4 is 11.9 Å². The molecule has 8 nitrogen and oxygen atoms in total. The zero-order valence-electron chi connectivity index (χ0n) is 16.9. The van der Waals surface area contributed by atoms with Crippen molar-refractivity contribution in [1.29, 1.82) is 5.26 Å². The standard InChI is InChI=1S/C21H26FN7O/c22-18-5-3-16(4-6-18)14-29(15-17-2-1-7-24-13-17)21-26-19(12-23)25-20(27-21)28-8-10-30-11-9-28/h3-6,17,24H,1-2,7-11,13-15H2. The van der Waals surface area contributed by atoms with Crippen molar-refractivity contribution in [2.45, 2.75) is 19.4 Å². The Morgan fingerprint density at radius 1 is 1.20 bits per heavy atom. The van der Waals surface area contributed by atoms with Gasteiger partial charge in [0.15, 0.2) is 0 Å². The minimum Gasteiger partial charge on any atom is -0.378 e. The molecule has 9 heteroatoms. The van der Waals surface area contributed by atoms with Crippen LogP contribution in [-0.2, 0) is 11.3 Å². The van der Waals surface area contributed by atoms with Crippen LogP contribution in [0, 0.1) is 23.1 Å². The number of ether oxygens (including phenoxy) is 1. The summed E-state index contributed by atoms with van der Waals surface area (Å²) in [4.78, 5) is 17.6. The number of hydrogen-bond acceptors (Lipinski definition) is 8. The monoisotopic (exact) mass is 411 g/mol. The molecule has 2 saturated heterocycles. The number of piperidine rings is 1. The Labute approximate surface area is 175 Å². The first-order valence-corrected chi connectivity index (χ1v) is 10.4. The fourth-order valence-corrected chi connectivity index (χ4v) is 3.87. The highest BCUT2D eigenvalue weighted by Crippen LogP contribution is 2.21. The maximum absolute atomic E-state index is 13.4. The number of rotatable bonds is 6. The van der Waals surface area contributed by atoms with E-state index < -0.39 is 0 Å². The van der Waals surface area contributed by atoms with Gasteiger partial charge < -0.3 is 19.9 Å². The molecule has 2 aromatic rings. The number of benzene rings is 1. The number of hydrogen-bond donors (Lipinski definition) is 1. The molecule has 0 aliphatic carbocycles. The van der Waals surface area contributed by atoms with Crippen LogP contribution < -0.4 is 15.1 Å². The topological polar surface area (TPSA) is 90.2 Å². The number of halogens is 1. The van der Waals surface area contributed by atoms with E-state index in [-0.39, 0.29) is 11.6 Å². The van der Waals surface area contributed by atoms with Gasteiger partial charge >= 0.3 is 0 Å². The van der Waals surface area contributed by atoms with Gasteiger partial charge in [0.1, 0.15) is 11.9 Å². The lowest BCUT2D eigenvalue weighted by atomic mass is 9.99. The zero-order valence-corrected chi connectivity index (χ0v) is 16.9. The molecule has 158 valence electrons. The van der Waals surface area contributed by atoms with Gasteiger partial charge in [-0.2, -0.15) is 20.2 Å².